The summed E-state index contributed by atoms with van der Waals surface area (Å²) in [5, 5.41) is 17.1. The largest absolute Gasteiger partial charge is 0.492 e. The number of hydrogen-bond acceptors (Lipinski definition) is 11. The third-order valence-corrected chi connectivity index (χ3v) is 11.2. The molecule has 0 aliphatic carbocycles. The Morgan fingerprint density at radius 3 is 2.44 bits per heavy atom. The predicted molar refractivity (Wildman–Crippen MR) is 226 cm³/mol. The fourth-order valence-electron chi connectivity index (χ4n) is 7.67. The molecule has 2 aromatic carbocycles. The number of benzene rings is 2. The molecule has 0 saturated carbocycles. The zero-order valence-corrected chi connectivity index (χ0v) is 35.7. The first kappa shape index (κ1) is 46.6. The number of nitrogens with one attached hydrogen (secondary N) is 3. The van der Waals surface area contributed by atoms with E-state index in [1.54, 1.807) is 30.9 Å². The third kappa shape index (κ3) is 10.2. The Kier molecular flexibility index (Phi) is 14.0. The van der Waals surface area contributed by atoms with Gasteiger partial charge in [-0.1, -0.05) is 6.92 Å². The van der Waals surface area contributed by atoms with Gasteiger partial charge in [-0.25, -0.2) is 9.37 Å². The van der Waals surface area contributed by atoms with Gasteiger partial charge in [-0.2, -0.15) is 18.4 Å². The van der Waals surface area contributed by atoms with Gasteiger partial charge < -0.3 is 20.3 Å². The summed E-state index contributed by atoms with van der Waals surface area (Å²) in [6.45, 7) is 12.1. The molecular formula is C41H46ClF4N9O5S. The van der Waals surface area contributed by atoms with Crippen LogP contribution < -0.4 is 30.5 Å². The number of rotatable bonds is 12. The number of piperazine rings is 1. The summed E-state index contributed by atoms with van der Waals surface area (Å²) in [6.07, 6.45) is -2.84. The SMILES string of the molecule is CCc1cc(N2C(=S)N(c3cnc(C#N)c(C(F)(F)F)c3)C(=O)C2(C)C)ccc1OCCN1CCN(CC(=O)Nc2cc(F)cc(NC3CCC(=O)NC3=O)c2)C(C)(C)C1.Cl. The van der Waals surface area contributed by atoms with E-state index >= 15 is 0 Å². The van der Waals surface area contributed by atoms with Crippen LogP contribution in [0, 0.1) is 17.1 Å². The number of piperidine rings is 1. The molecule has 4 amide bonds. The van der Waals surface area contributed by atoms with Gasteiger partial charge in [-0.3, -0.25) is 39.2 Å². The quantitative estimate of drug-likeness (QED) is 0.117. The average Bonchev–Trinajstić information content (AvgIpc) is 3.34. The van der Waals surface area contributed by atoms with Crippen molar-refractivity contribution in [1.29, 1.82) is 5.26 Å². The van der Waals surface area contributed by atoms with Crippen molar-refractivity contribution >= 4 is 76.1 Å². The molecule has 3 aliphatic heterocycles. The maximum atomic E-state index is 14.5. The molecule has 0 bridgehead atoms. The van der Waals surface area contributed by atoms with Crippen molar-refractivity contribution < 1.29 is 41.5 Å². The maximum absolute atomic E-state index is 14.5. The summed E-state index contributed by atoms with van der Waals surface area (Å²) in [5.74, 6) is -1.71. The molecule has 6 rings (SSSR count). The molecule has 3 saturated heterocycles. The first-order valence-corrected chi connectivity index (χ1v) is 19.7. The van der Waals surface area contributed by atoms with E-state index < -0.39 is 52.2 Å². The van der Waals surface area contributed by atoms with Gasteiger partial charge in [0.05, 0.1) is 24.0 Å². The first-order valence-electron chi connectivity index (χ1n) is 19.3. The minimum atomic E-state index is -4.87. The Morgan fingerprint density at radius 1 is 1.07 bits per heavy atom. The molecule has 14 nitrogen and oxygen atoms in total. The summed E-state index contributed by atoms with van der Waals surface area (Å²) in [4.78, 5) is 61.0. The lowest BCUT2D eigenvalue weighted by molar-refractivity contribution is -0.138. The molecule has 20 heteroatoms. The van der Waals surface area contributed by atoms with Crippen molar-refractivity contribution in [3.05, 3.63) is 71.3 Å². The highest BCUT2D eigenvalue weighted by Gasteiger charge is 2.51. The van der Waals surface area contributed by atoms with Crippen LogP contribution in [-0.4, -0.2) is 100.0 Å². The summed E-state index contributed by atoms with van der Waals surface area (Å²) in [5.41, 5.74) is -2.04. The summed E-state index contributed by atoms with van der Waals surface area (Å²) >= 11 is 5.68. The van der Waals surface area contributed by atoms with Gasteiger partial charge >= 0.3 is 6.18 Å². The van der Waals surface area contributed by atoms with Crippen LogP contribution >= 0.6 is 24.6 Å². The zero-order valence-electron chi connectivity index (χ0n) is 34.1. The van der Waals surface area contributed by atoms with Crippen LogP contribution in [0.15, 0.2) is 48.7 Å². The molecule has 4 heterocycles. The first-order chi connectivity index (χ1) is 28.2. The highest BCUT2D eigenvalue weighted by Crippen LogP contribution is 2.40. The smallest absolute Gasteiger partial charge is 0.419 e. The number of ether oxygens (including phenoxy) is 1. The highest BCUT2D eigenvalue weighted by atomic mass is 35.5. The van der Waals surface area contributed by atoms with Crippen LogP contribution in [0.1, 0.15) is 64.3 Å². The number of imide groups is 1. The summed E-state index contributed by atoms with van der Waals surface area (Å²) in [6, 6.07) is 10.7. The number of carbonyl (C=O) groups excluding carboxylic acids is 4. The van der Waals surface area contributed by atoms with Gasteiger partial charge in [0.25, 0.3) is 5.91 Å². The van der Waals surface area contributed by atoms with Crippen molar-refractivity contribution in [2.75, 3.05) is 59.8 Å². The van der Waals surface area contributed by atoms with E-state index in [1.165, 1.54) is 24.3 Å². The molecule has 1 aromatic heterocycles. The number of pyridine rings is 1. The minimum Gasteiger partial charge on any atom is -0.492 e. The van der Waals surface area contributed by atoms with E-state index in [4.69, 9.17) is 17.0 Å². The van der Waals surface area contributed by atoms with Gasteiger partial charge in [0.2, 0.25) is 17.7 Å². The number of aryl methyl sites for hydroxylation is 1. The Balaban J connectivity index is 0.00000704. The highest BCUT2D eigenvalue weighted by molar-refractivity contribution is 7.81. The molecule has 61 heavy (non-hydrogen) atoms. The van der Waals surface area contributed by atoms with Crippen LogP contribution in [0.4, 0.5) is 40.3 Å². The molecule has 1 unspecified atom stereocenters. The number of alkyl halides is 3. The molecule has 3 aromatic rings. The number of aromatic nitrogens is 1. The summed E-state index contributed by atoms with van der Waals surface area (Å²) < 4.78 is 62.0. The topological polar surface area (TPSA) is 163 Å². The lowest BCUT2D eigenvalue weighted by Crippen LogP contribution is -2.61. The number of anilines is 4. The maximum Gasteiger partial charge on any atom is 0.419 e. The second kappa shape index (κ2) is 18.3. The second-order valence-corrected chi connectivity index (χ2v) is 16.3. The Hall–Kier alpha value is -5.42. The zero-order chi connectivity index (χ0) is 43.7. The van der Waals surface area contributed by atoms with Crippen molar-refractivity contribution in [3.63, 3.8) is 0 Å². The van der Waals surface area contributed by atoms with Gasteiger partial charge in [-0.15, -0.1) is 12.4 Å². The number of carbonyl (C=O) groups is 4. The fraction of sp³-hybridized carbons (Fsp3) is 0.439. The van der Waals surface area contributed by atoms with E-state index in [9.17, 15) is 42.0 Å². The number of nitriles is 1. The molecule has 0 radical (unpaired) electrons. The Bertz CT molecular complexity index is 2270. The van der Waals surface area contributed by atoms with E-state index in [0.29, 0.717) is 62.4 Å². The van der Waals surface area contributed by atoms with Gasteiger partial charge in [0.15, 0.2) is 10.8 Å². The molecule has 0 spiro atoms. The molecule has 1 atom stereocenters. The number of hydrogen-bond donors (Lipinski definition) is 3. The Morgan fingerprint density at radius 2 is 1.79 bits per heavy atom. The van der Waals surface area contributed by atoms with E-state index in [2.05, 4.69) is 30.7 Å². The van der Waals surface area contributed by atoms with E-state index in [1.807, 2.05) is 26.8 Å². The molecular weight excluding hydrogens is 842 g/mol. The van der Waals surface area contributed by atoms with Crippen LogP contribution in [0.5, 0.6) is 5.75 Å². The van der Waals surface area contributed by atoms with Crippen LogP contribution in [0.3, 0.4) is 0 Å². The monoisotopic (exact) mass is 887 g/mol. The van der Waals surface area contributed by atoms with E-state index in [0.717, 1.165) is 16.7 Å². The van der Waals surface area contributed by atoms with Crippen LogP contribution in [0.2, 0.25) is 0 Å². The van der Waals surface area contributed by atoms with Gasteiger partial charge in [0.1, 0.15) is 35.8 Å². The lowest BCUT2D eigenvalue weighted by atomic mass is 9.98. The fourth-order valence-corrected chi connectivity index (χ4v) is 8.19. The van der Waals surface area contributed by atoms with Crippen molar-refractivity contribution in [1.82, 2.24) is 20.1 Å². The molecule has 326 valence electrons. The molecule has 3 N–H and O–H groups in total. The van der Waals surface area contributed by atoms with E-state index in [-0.39, 0.29) is 60.1 Å². The third-order valence-electron chi connectivity index (χ3n) is 10.8. The van der Waals surface area contributed by atoms with Crippen LogP contribution in [0.25, 0.3) is 0 Å². The lowest BCUT2D eigenvalue weighted by Gasteiger charge is -2.46. The average molecular weight is 888 g/mol. The Labute approximate surface area is 362 Å². The summed E-state index contributed by atoms with van der Waals surface area (Å²) in [7, 11) is 0. The van der Waals surface area contributed by atoms with Gasteiger partial charge in [-0.05, 0) is 101 Å². The standard InChI is InChI=1S/C41H45F4N9O5S.ClH/c1-6-24-15-28(54-38(60)53(37(58)40(54,4)5)29-19-30(41(43,44)45)32(20-46)47-21-29)7-9-33(24)59-14-13-51-11-12-52(39(2,3)23-51)22-35(56)49-27-17-25(42)16-26(18-27)48-31-8-10-34(55)50-36(31)57;/h7,9,15-19,21,31,48H,6,8,10-14,22-23H2,1-5H3,(H,49,56)(H,50,55,57);1H. The van der Waals surface area contributed by atoms with Crippen LogP contribution in [-0.2, 0) is 31.8 Å². The minimum absolute atomic E-state index is 0. The predicted octanol–water partition coefficient (Wildman–Crippen LogP) is 5.64. The second-order valence-electron chi connectivity index (χ2n) is 15.9. The van der Waals surface area contributed by atoms with Crippen molar-refractivity contribution in [2.24, 2.45) is 0 Å². The van der Waals surface area contributed by atoms with Crippen molar-refractivity contribution in [2.45, 2.75) is 77.2 Å². The number of thiocarbonyl (C=S) groups is 1. The number of amides is 4. The number of halogens is 5. The van der Waals surface area contributed by atoms with Crippen molar-refractivity contribution in [3.8, 4) is 11.8 Å². The normalized spacial score (nSPS) is 19.2. The number of nitrogens with zero attached hydrogens (tertiary/aromatic N) is 6. The van der Waals surface area contributed by atoms with Gasteiger partial charge in [0, 0.05) is 55.2 Å². The molecule has 3 fully saturated rings. The molecule has 3 aliphatic rings.